The molecule has 22 heavy (non-hydrogen) atoms. The van der Waals surface area contributed by atoms with Gasteiger partial charge in [-0.05, 0) is 23.8 Å². The third-order valence-electron chi connectivity index (χ3n) is 3.28. The first-order valence-electron chi connectivity index (χ1n) is 6.72. The van der Waals surface area contributed by atoms with Gasteiger partial charge in [-0.3, -0.25) is 9.59 Å². The molecule has 0 aliphatic carbocycles. The van der Waals surface area contributed by atoms with Crippen LogP contribution in [0.4, 0.5) is 5.69 Å². The monoisotopic (exact) mass is 316 g/mol. The number of carbonyl (C=O) groups excluding carboxylic acids is 2. The smallest absolute Gasteiger partial charge is 0.262 e. The van der Waals surface area contributed by atoms with Crippen LogP contribution in [0.2, 0.25) is 5.02 Å². The molecular formula is C16H13ClN2O3. The number of benzene rings is 2. The van der Waals surface area contributed by atoms with Crippen molar-refractivity contribution in [2.45, 2.75) is 6.54 Å². The summed E-state index contributed by atoms with van der Waals surface area (Å²) in [5.74, 6) is -0.132. The SMILES string of the molecule is O=C1COc2c(cccc2C(=O)NCc2ccccc2Cl)N1. The van der Waals surface area contributed by atoms with E-state index in [2.05, 4.69) is 10.6 Å². The number of rotatable bonds is 3. The quantitative estimate of drug-likeness (QED) is 0.914. The minimum atomic E-state index is -0.284. The van der Waals surface area contributed by atoms with Gasteiger partial charge in [0.25, 0.3) is 11.8 Å². The second-order valence-corrected chi connectivity index (χ2v) is 5.20. The van der Waals surface area contributed by atoms with Crippen LogP contribution in [0.15, 0.2) is 42.5 Å². The van der Waals surface area contributed by atoms with Crippen molar-refractivity contribution in [1.82, 2.24) is 5.32 Å². The second kappa shape index (κ2) is 6.07. The molecule has 2 aromatic carbocycles. The maximum absolute atomic E-state index is 12.3. The molecule has 1 heterocycles. The molecule has 6 heteroatoms. The van der Waals surface area contributed by atoms with Gasteiger partial charge < -0.3 is 15.4 Å². The van der Waals surface area contributed by atoms with Crippen molar-refractivity contribution in [3.8, 4) is 5.75 Å². The summed E-state index contributed by atoms with van der Waals surface area (Å²) in [7, 11) is 0. The van der Waals surface area contributed by atoms with Gasteiger partial charge in [-0.15, -0.1) is 0 Å². The van der Waals surface area contributed by atoms with E-state index in [1.54, 1.807) is 24.3 Å². The Kier molecular flexibility index (Phi) is 3.98. The van der Waals surface area contributed by atoms with Crippen molar-refractivity contribution >= 4 is 29.1 Å². The Morgan fingerprint density at radius 1 is 1.23 bits per heavy atom. The summed E-state index contributed by atoms with van der Waals surface area (Å²) in [6.07, 6.45) is 0. The van der Waals surface area contributed by atoms with E-state index < -0.39 is 0 Å². The summed E-state index contributed by atoms with van der Waals surface area (Å²) in [5.41, 5.74) is 1.71. The summed E-state index contributed by atoms with van der Waals surface area (Å²) in [6.45, 7) is 0.219. The lowest BCUT2D eigenvalue weighted by atomic mass is 10.1. The number of ether oxygens (including phenoxy) is 1. The molecular weight excluding hydrogens is 304 g/mol. The topological polar surface area (TPSA) is 67.4 Å². The van der Waals surface area contributed by atoms with E-state index in [-0.39, 0.29) is 18.4 Å². The molecule has 0 saturated carbocycles. The van der Waals surface area contributed by atoms with Crippen LogP contribution in [0, 0.1) is 0 Å². The molecule has 112 valence electrons. The van der Waals surface area contributed by atoms with Crippen LogP contribution < -0.4 is 15.4 Å². The van der Waals surface area contributed by atoms with Crippen molar-refractivity contribution in [3.05, 3.63) is 58.6 Å². The van der Waals surface area contributed by atoms with Gasteiger partial charge in [0.1, 0.15) is 0 Å². The van der Waals surface area contributed by atoms with Crippen LogP contribution in [0.3, 0.4) is 0 Å². The number of para-hydroxylation sites is 1. The van der Waals surface area contributed by atoms with E-state index in [1.807, 2.05) is 18.2 Å². The fraction of sp³-hybridized carbons (Fsp3) is 0.125. The predicted molar refractivity (Wildman–Crippen MR) is 83.2 cm³/mol. The molecule has 0 spiro atoms. The lowest BCUT2D eigenvalue weighted by Gasteiger charge is -2.20. The Bertz CT molecular complexity index is 746. The largest absolute Gasteiger partial charge is 0.481 e. The summed E-state index contributed by atoms with van der Waals surface area (Å²) >= 11 is 6.06. The summed E-state index contributed by atoms with van der Waals surface area (Å²) < 4.78 is 5.36. The number of amides is 2. The second-order valence-electron chi connectivity index (χ2n) is 4.79. The van der Waals surface area contributed by atoms with E-state index in [0.29, 0.717) is 28.6 Å². The zero-order valence-electron chi connectivity index (χ0n) is 11.6. The highest BCUT2D eigenvalue weighted by atomic mass is 35.5. The minimum Gasteiger partial charge on any atom is -0.481 e. The first-order valence-corrected chi connectivity index (χ1v) is 7.10. The first-order chi connectivity index (χ1) is 10.6. The number of halogens is 1. The van der Waals surface area contributed by atoms with Crippen molar-refractivity contribution < 1.29 is 14.3 Å². The van der Waals surface area contributed by atoms with Gasteiger partial charge in [0.2, 0.25) is 0 Å². The van der Waals surface area contributed by atoms with E-state index in [9.17, 15) is 9.59 Å². The Balaban J connectivity index is 1.77. The molecule has 0 atom stereocenters. The lowest BCUT2D eigenvalue weighted by Crippen LogP contribution is -2.29. The maximum Gasteiger partial charge on any atom is 0.262 e. The van der Waals surface area contributed by atoms with Crippen LogP contribution in [-0.2, 0) is 11.3 Å². The zero-order valence-corrected chi connectivity index (χ0v) is 12.3. The Morgan fingerprint density at radius 2 is 2.05 bits per heavy atom. The third kappa shape index (κ3) is 2.89. The van der Waals surface area contributed by atoms with Gasteiger partial charge in [0.05, 0.1) is 11.3 Å². The van der Waals surface area contributed by atoms with Gasteiger partial charge in [-0.1, -0.05) is 35.9 Å². The Labute approximate surface area is 132 Å². The van der Waals surface area contributed by atoms with Gasteiger partial charge >= 0.3 is 0 Å². The molecule has 5 nitrogen and oxygen atoms in total. The standard InChI is InChI=1S/C16H13ClN2O3/c17-12-6-2-1-4-10(12)8-18-16(21)11-5-3-7-13-15(11)22-9-14(20)19-13/h1-7H,8-9H2,(H,18,21)(H,19,20). The highest BCUT2D eigenvalue weighted by molar-refractivity contribution is 6.31. The molecule has 0 radical (unpaired) electrons. The predicted octanol–water partition coefficient (Wildman–Crippen LogP) is 2.60. The fourth-order valence-electron chi connectivity index (χ4n) is 2.21. The number of nitrogens with one attached hydrogen (secondary N) is 2. The Morgan fingerprint density at radius 3 is 2.86 bits per heavy atom. The number of anilines is 1. The molecule has 0 aromatic heterocycles. The van der Waals surface area contributed by atoms with Gasteiger partial charge in [0.15, 0.2) is 12.4 Å². The van der Waals surface area contributed by atoms with Crippen LogP contribution in [0.5, 0.6) is 5.75 Å². The van der Waals surface area contributed by atoms with Crippen LogP contribution in [0.25, 0.3) is 0 Å². The van der Waals surface area contributed by atoms with E-state index >= 15 is 0 Å². The summed E-state index contributed by atoms with van der Waals surface area (Å²) in [6, 6.07) is 12.3. The number of hydrogen-bond donors (Lipinski definition) is 2. The van der Waals surface area contributed by atoms with Crippen LogP contribution in [0.1, 0.15) is 15.9 Å². The fourth-order valence-corrected chi connectivity index (χ4v) is 2.41. The van der Waals surface area contributed by atoms with Crippen LogP contribution in [-0.4, -0.2) is 18.4 Å². The average molecular weight is 317 g/mol. The zero-order chi connectivity index (χ0) is 15.5. The normalized spacial score (nSPS) is 12.9. The molecule has 0 fully saturated rings. The maximum atomic E-state index is 12.3. The molecule has 0 unspecified atom stereocenters. The molecule has 1 aliphatic rings. The van der Waals surface area contributed by atoms with E-state index in [1.165, 1.54) is 0 Å². The summed E-state index contributed by atoms with van der Waals surface area (Å²) in [5, 5.41) is 6.07. The molecule has 2 N–H and O–H groups in total. The Hall–Kier alpha value is -2.53. The molecule has 0 bridgehead atoms. The van der Waals surface area contributed by atoms with E-state index in [0.717, 1.165) is 5.56 Å². The minimum absolute atomic E-state index is 0.0954. The molecule has 2 amide bonds. The summed E-state index contributed by atoms with van der Waals surface area (Å²) in [4.78, 5) is 23.6. The number of fused-ring (bicyclic) bond motifs is 1. The van der Waals surface area contributed by atoms with Gasteiger partial charge in [0, 0.05) is 11.6 Å². The van der Waals surface area contributed by atoms with Crippen molar-refractivity contribution in [2.24, 2.45) is 0 Å². The first kappa shape index (κ1) is 14.4. The van der Waals surface area contributed by atoms with Crippen molar-refractivity contribution in [3.63, 3.8) is 0 Å². The van der Waals surface area contributed by atoms with E-state index in [4.69, 9.17) is 16.3 Å². The van der Waals surface area contributed by atoms with Gasteiger partial charge in [-0.25, -0.2) is 0 Å². The van der Waals surface area contributed by atoms with Crippen molar-refractivity contribution in [2.75, 3.05) is 11.9 Å². The number of carbonyl (C=O) groups is 2. The molecule has 1 aliphatic heterocycles. The average Bonchev–Trinajstić information content (AvgIpc) is 2.53. The highest BCUT2D eigenvalue weighted by Gasteiger charge is 2.22. The lowest BCUT2D eigenvalue weighted by molar-refractivity contribution is -0.118. The third-order valence-corrected chi connectivity index (χ3v) is 3.65. The molecule has 3 rings (SSSR count). The highest BCUT2D eigenvalue weighted by Crippen LogP contribution is 2.31. The molecule has 2 aromatic rings. The van der Waals surface area contributed by atoms with Crippen molar-refractivity contribution in [1.29, 1.82) is 0 Å². The van der Waals surface area contributed by atoms with Crippen LogP contribution >= 0.6 is 11.6 Å². The number of hydrogen-bond acceptors (Lipinski definition) is 3. The van der Waals surface area contributed by atoms with Gasteiger partial charge in [-0.2, -0.15) is 0 Å². The molecule has 0 saturated heterocycles.